The quantitative estimate of drug-likeness (QED) is 0.0659. The number of pyridine rings is 2. The molecule has 0 spiro atoms. The lowest BCUT2D eigenvalue weighted by Crippen LogP contribution is -2.41. The number of carbonyl (C=O) groups excluding carboxylic acids is 1. The number of carboxylic acids is 1. The summed E-state index contributed by atoms with van der Waals surface area (Å²) in [5, 5.41) is 15.3. The highest BCUT2D eigenvalue weighted by Crippen LogP contribution is 2.37. The number of fused-ring (bicyclic) bond motifs is 4. The first kappa shape index (κ1) is 54.2. The van der Waals surface area contributed by atoms with Gasteiger partial charge in [0.2, 0.25) is 23.2 Å². The standard InChI is InChI=1S/C22H15FN6O3.C16H24BNO4.C16H11BrFN5O/c1-24-19-11-29-20(28-19)14(12-2-4-17(21(30)31)25-8-12)9-26-22(29)27-10-15-13-6-7-32-18(13)5-3-16(15)23;1-14(2,3)20-13(19)12-9-8-11(10-18-12)17-21-15(4,5)16(6,7)22-17;1-19-14-8-23-15(22-14)11(17)7-21-16(23)20-6-10-9-4-5-24-13(9)3-2-12(10)18/h2-5,8-9,11H,6-7,10H2,(H,26,27)(H,30,31);8-10H,1-7H3;2-3,7-8H,4-6H2,(H,20,21). The van der Waals surface area contributed by atoms with E-state index in [1.54, 1.807) is 63.9 Å². The topological polar surface area (TPSA) is 219 Å². The molecular formula is C54H50BBrF2N12O8. The van der Waals surface area contributed by atoms with E-state index in [9.17, 15) is 18.4 Å². The SMILES string of the molecule is CC(C)(C)OC(=O)c1ccc(B2OC(C)(C)C(C)(C)O2)cn1.[C-]#[N+]c1cn2c(NCc3c(F)ccc4c3CCO4)ncc(-c3ccc(C(=O)O)nc3)c2n1.[C-]#[N+]c1cn2c(NCc3c(F)ccc4c3CCO4)ncc(Br)c2n1. The van der Waals surface area contributed by atoms with Gasteiger partial charge >= 0.3 is 19.1 Å². The third-order valence-corrected chi connectivity index (χ3v) is 13.6. The van der Waals surface area contributed by atoms with E-state index in [4.69, 9.17) is 41.8 Å². The van der Waals surface area contributed by atoms with Gasteiger partial charge in [-0.3, -0.25) is 8.80 Å². The molecule has 0 radical (unpaired) electrons. The number of aromatic carboxylic acids is 1. The molecule has 0 unspecified atom stereocenters. The van der Waals surface area contributed by atoms with Crippen molar-refractivity contribution in [2.75, 3.05) is 23.8 Å². The van der Waals surface area contributed by atoms with E-state index < -0.39 is 35.9 Å². The van der Waals surface area contributed by atoms with Gasteiger partial charge in [0.05, 0.1) is 36.2 Å². The average Bonchev–Trinajstić information content (AvgIpc) is 4.36. The summed E-state index contributed by atoms with van der Waals surface area (Å²) in [4.78, 5) is 55.1. The molecular weight excluding hydrogens is 1070 g/mol. The fourth-order valence-electron chi connectivity index (χ4n) is 8.48. The third-order valence-electron chi connectivity index (χ3n) is 13.1. The Balaban J connectivity index is 0.000000146. The van der Waals surface area contributed by atoms with Crippen molar-refractivity contribution in [3.63, 3.8) is 0 Å². The predicted molar refractivity (Wildman–Crippen MR) is 287 cm³/mol. The summed E-state index contributed by atoms with van der Waals surface area (Å²) >= 11 is 3.37. The van der Waals surface area contributed by atoms with Crippen LogP contribution in [0.15, 0.2) is 90.2 Å². The number of carboxylic acid groups (broad SMARTS) is 1. The first-order valence-corrected chi connectivity index (χ1v) is 25.2. The summed E-state index contributed by atoms with van der Waals surface area (Å²) in [5.74, 6) is 0.577. The van der Waals surface area contributed by atoms with E-state index in [1.807, 2.05) is 48.5 Å². The molecule has 3 N–H and O–H groups in total. The molecule has 6 aromatic heterocycles. The molecule has 1 fully saturated rings. The smallest absolute Gasteiger partial charge is 0.493 e. The Morgan fingerprint density at radius 2 is 1.27 bits per heavy atom. The number of anilines is 2. The number of hydrogen-bond donors (Lipinski definition) is 3. The van der Waals surface area contributed by atoms with Crippen LogP contribution < -0.4 is 25.6 Å². The van der Waals surface area contributed by atoms with Crippen molar-refractivity contribution in [3.05, 3.63) is 158 Å². The Labute approximate surface area is 455 Å². The summed E-state index contributed by atoms with van der Waals surface area (Å²) in [6.07, 6.45) is 10.6. The van der Waals surface area contributed by atoms with Gasteiger partial charge in [-0.2, -0.15) is 0 Å². The molecule has 20 nitrogen and oxygen atoms in total. The molecule has 3 aliphatic heterocycles. The first-order valence-electron chi connectivity index (χ1n) is 24.4. The molecule has 398 valence electrons. The highest BCUT2D eigenvalue weighted by Gasteiger charge is 2.52. The zero-order chi connectivity index (χ0) is 55.7. The summed E-state index contributed by atoms with van der Waals surface area (Å²) in [6.45, 7) is 29.4. The van der Waals surface area contributed by atoms with Crippen molar-refractivity contribution in [2.24, 2.45) is 0 Å². The van der Waals surface area contributed by atoms with Gasteiger partial charge in [0.1, 0.15) is 44.6 Å². The Kier molecular flexibility index (Phi) is 15.2. The Bertz CT molecular complexity index is 3690. The molecule has 9 heterocycles. The lowest BCUT2D eigenvalue weighted by molar-refractivity contribution is 0.00578. The fourth-order valence-corrected chi connectivity index (χ4v) is 8.86. The van der Waals surface area contributed by atoms with Crippen LogP contribution >= 0.6 is 15.9 Å². The van der Waals surface area contributed by atoms with Crippen LogP contribution in [-0.4, -0.2) is 92.9 Å². The second kappa shape index (κ2) is 21.8. The minimum Gasteiger partial charge on any atom is -0.493 e. The van der Waals surface area contributed by atoms with Crippen LogP contribution in [0, 0.1) is 24.8 Å². The summed E-state index contributed by atoms with van der Waals surface area (Å²) in [5.41, 5.74) is 4.66. The van der Waals surface area contributed by atoms with Gasteiger partial charge in [-0.25, -0.2) is 38.3 Å². The minimum atomic E-state index is -1.12. The number of imidazole rings is 2. The van der Waals surface area contributed by atoms with Crippen molar-refractivity contribution in [2.45, 2.75) is 91.2 Å². The largest absolute Gasteiger partial charge is 0.496 e. The predicted octanol–water partition coefficient (Wildman–Crippen LogP) is 9.79. The van der Waals surface area contributed by atoms with Gasteiger partial charge in [-0.05, 0) is 101 Å². The summed E-state index contributed by atoms with van der Waals surface area (Å²) < 4.78 is 60.9. The van der Waals surface area contributed by atoms with E-state index in [1.165, 1.54) is 30.6 Å². The van der Waals surface area contributed by atoms with E-state index >= 15 is 0 Å². The van der Waals surface area contributed by atoms with Crippen molar-refractivity contribution in [3.8, 4) is 22.6 Å². The summed E-state index contributed by atoms with van der Waals surface area (Å²) in [7, 11) is -0.481. The van der Waals surface area contributed by atoms with E-state index in [0.717, 1.165) is 22.3 Å². The number of hydrogen-bond acceptors (Lipinski definition) is 15. The second-order valence-electron chi connectivity index (χ2n) is 19.9. The zero-order valence-corrected chi connectivity index (χ0v) is 44.9. The maximum absolute atomic E-state index is 14.5. The monoisotopic (exact) mass is 1120 g/mol. The van der Waals surface area contributed by atoms with Crippen LogP contribution in [0.4, 0.5) is 32.3 Å². The zero-order valence-electron chi connectivity index (χ0n) is 43.3. The van der Waals surface area contributed by atoms with E-state index in [2.05, 4.69) is 66.2 Å². The maximum atomic E-state index is 14.5. The van der Waals surface area contributed by atoms with Crippen LogP contribution in [0.3, 0.4) is 0 Å². The van der Waals surface area contributed by atoms with Crippen LogP contribution in [0.5, 0.6) is 11.5 Å². The number of ether oxygens (including phenoxy) is 3. The minimum absolute atomic E-state index is 0.0809. The number of rotatable bonds is 10. The molecule has 0 saturated carbocycles. The maximum Gasteiger partial charge on any atom is 0.496 e. The van der Waals surface area contributed by atoms with Crippen LogP contribution in [0.25, 0.3) is 32.1 Å². The van der Waals surface area contributed by atoms with Crippen molar-refractivity contribution in [1.82, 2.24) is 38.7 Å². The number of esters is 1. The first-order chi connectivity index (χ1) is 37.1. The Morgan fingerprint density at radius 1 is 0.744 bits per heavy atom. The molecule has 0 amide bonds. The van der Waals surface area contributed by atoms with Crippen LogP contribution in [-0.2, 0) is 40.0 Å². The van der Waals surface area contributed by atoms with Crippen molar-refractivity contribution < 1.29 is 47.0 Å². The molecule has 24 heteroatoms. The molecule has 3 aliphatic rings. The van der Waals surface area contributed by atoms with Gasteiger partial charge in [0.25, 0.3) is 11.6 Å². The highest BCUT2D eigenvalue weighted by molar-refractivity contribution is 9.10. The number of nitrogens with one attached hydrogen (secondary N) is 2. The Morgan fingerprint density at radius 3 is 1.77 bits per heavy atom. The van der Waals surface area contributed by atoms with E-state index in [0.29, 0.717) is 81.7 Å². The number of benzene rings is 2. The van der Waals surface area contributed by atoms with Crippen LogP contribution in [0.1, 0.15) is 91.7 Å². The van der Waals surface area contributed by atoms with Gasteiger partial charge in [-0.15, -0.1) is 0 Å². The normalized spacial score (nSPS) is 14.6. The molecule has 11 rings (SSSR count). The molecule has 1 saturated heterocycles. The lowest BCUT2D eigenvalue weighted by Gasteiger charge is -2.32. The molecule has 78 heavy (non-hydrogen) atoms. The average molecular weight is 1120 g/mol. The van der Waals surface area contributed by atoms with Gasteiger partial charge in [0, 0.05) is 90.2 Å². The Hall–Kier alpha value is -8.58. The number of aromatic nitrogens is 8. The highest BCUT2D eigenvalue weighted by atomic mass is 79.9. The number of nitrogens with zero attached hydrogens (tertiary/aromatic N) is 10. The number of halogens is 3. The molecule has 8 aromatic rings. The molecule has 0 aliphatic carbocycles. The fraction of sp³-hybridized carbons (Fsp3) is 0.296. The van der Waals surface area contributed by atoms with Crippen molar-refractivity contribution in [1.29, 1.82) is 0 Å². The van der Waals surface area contributed by atoms with E-state index in [-0.39, 0.29) is 47.7 Å². The third kappa shape index (κ3) is 11.4. The van der Waals surface area contributed by atoms with Crippen LogP contribution in [0.2, 0.25) is 0 Å². The summed E-state index contributed by atoms with van der Waals surface area (Å²) in [6, 6.07) is 12.5. The lowest BCUT2D eigenvalue weighted by atomic mass is 9.80. The second-order valence-corrected chi connectivity index (χ2v) is 20.8. The van der Waals surface area contributed by atoms with Gasteiger partial charge in [-0.1, -0.05) is 35.2 Å². The molecule has 0 atom stereocenters. The molecule has 0 bridgehead atoms. The van der Waals surface area contributed by atoms with Gasteiger partial charge in [0.15, 0.2) is 0 Å². The molecule has 2 aromatic carbocycles. The van der Waals surface area contributed by atoms with Gasteiger partial charge < -0.3 is 48.9 Å². The number of carbonyl (C=O) groups is 2. The van der Waals surface area contributed by atoms with Crippen molar-refractivity contribution >= 4 is 75.3 Å².